The van der Waals surface area contributed by atoms with Gasteiger partial charge in [0.05, 0.1) is 13.2 Å². The minimum atomic E-state index is -0.305. The summed E-state index contributed by atoms with van der Waals surface area (Å²) in [6, 6.07) is 8.59. The summed E-state index contributed by atoms with van der Waals surface area (Å²) in [6.45, 7) is 3.56. The Bertz CT molecular complexity index is 707. The fraction of sp³-hybridized carbons (Fsp3) is 0.368. The van der Waals surface area contributed by atoms with Gasteiger partial charge in [0.2, 0.25) is 11.9 Å². The zero-order valence-electron chi connectivity index (χ0n) is 15.4. The first-order valence-electron chi connectivity index (χ1n) is 8.97. The highest BCUT2D eigenvalue weighted by molar-refractivity contribution is 5.96. The van der Waals surface area contributed by atoms with Crippen LogP contribution in [-0.2, 0) is 4.79 Å². The van der Waals surface area contributed by atoms with Crippen LogP contribution in [0.25, 0.3) is 0 Å². The molecule has 1 aromatic carbocycles. The largest absolute Gasteiger partial charge is 0.494 e. The molecule has 3 N–H and O–H groups in total. The number of benzene rings is 1. The average Bonchev–Trinajstić information content (AvgIpc) is 2.71. The van der Waals surface area contributed by atoms with Crippen molar-refractivity contribution in [2.45, 2.75) is 19.8 Å². The number of anilines is 1. The van der Waals surface area contributed by atoms with Gasteiger partial charge in [-0.15, -0.1) is 0 Å². The molecule has 0 fully saturated rings. The first kappa shape index (κ1) is 20.2. The third-order valence-corrected chi connectivity index (χ3v) is 3.59. The summed E-state index contributed by atoms with van der Waals surface area (Å²) in [5.74, 6) is 0.662. The number of unbranched alkanes of at least 4 members (excludes halogenated alkanes) is 1. The second kappa shape index (κ2) is 11.5. The number of hydrogen-bond donors (Lipinski definition) is 3. The Morgan fingerprint density at radius 3 is 2.48 bits per heavy atom. The van der Waals surface area contributed by atoms with Gasteiger partial charge in [-0.25, -0.2) is 9.97 Å². The molecule has 0 bridgehead atoms. The van der Waals surface area contributed by atoms with Crippen molar-refractivity contribution in [1.82, 2.24) is 20.6 Å². The lowest BCUT2D eigenvalue weighted by molar-refractivity contribution is -0.120. The van der Waals surface area contributed by atoms with Crippen molar-refractivity contribution < 1.29 is 14.3 Å². The third kappa shape index (κ3) is 7.72. The highest BCUT2D eigenvalue weighted by atomic mass is 16.5. The molecule has 8 heteroatoms. The van der Waals surface area contributed by atoms with E-state index < -0.39 is 0 Å². The molecule has 0 saturated heterocycles. The van der Waals surface area contributed by atoms with E-state index in [1.165, 1.54) is 0 Å². The predicted molar refractivity (Wildman–Crippen MR) is 103 cm³/mol. The molecule has 1 heterocycles. The predicted octanol–water partition coefficient (Wildman–Crippen LogP) is 1.61. The average molecular weight is 371 g/mol. The number of ether oxygens (including phenoxy) is 1. The maximum atomic E-state index is 12.1. The normalized spacial score (nSPS) is 10.1. The van der Waals surface area contributed by atoms with Crippen molar-refractivity contribution in [3.8, 4) is 5.75 Å². The highest BCUT2D eigenvalue weighted by Gasteiger charge is 2.08. The SMILES string of the molecule is CCCCOc1ccc(C(=O)NCC(=O)NCCNc2ncccn2)cc1. The van der Waals surface area contributed by atoms with Gasteiger partial charge in [-0.05, 0) is 36.8 Å². The van der Waals surface area contributed by atoms with Crippen molar-refractivity contribution in [2.24, 2.45) is 0 Å². The van der Waals surface area contributed by atoms with Crippen molar-refractivity contribution in [1.29, 1.82) is 0 Å². The van der Waals surface area contributed by atoms with Gasteiger partial charge in [0.25, 0.3) is 5.91 Å². The molecule has 0 aliphatic heterocycles. The molecule has 8 nitrogen and oxygen atoms in total. The van der Waals surface area contributed by atoms with Gasteiger partial charge in [-0.2, -0.15) is 0 Å². The third-order valence-electron chi connectivity index (χ3n) is 3.59. The summed E-state index contributed by atoms with van der Waals surface area (Å²) >= 11 is 0. The number of nitrogens with zero attached hydrogens (tertiary/aromatic N) is 2. The zero-order chi connectivity index (χ0) is 19.3. The summed E-state index contributed by atoms with van der Waals surface area (Å²) in [4.78, 5) is 31.9. The standard InChI is InChI=1S/C19H25N5O3/c1-2-3-13-27-16-7-5-15(6-8-16)18(26)24-14-17(25)20-11-12-23-19-21-9-4-10-22-19/h4-10H,2-3,11-14H2,1H3,(H,20,25)(H,24,26)(H,21,22,23). The topological polar surface area (TPSA) is 105 Å². The molecule has 2 amide bonds. The summed E-state index contributed by atoms with van der Waals surface area (Å²) < 4.78 is 5.56. The lowest BCUT2D eigenvalue weighted by Crippen LogP contribution is -2.38. The molecular weight excluding hydrogens is 346 g/mol. The van der Waals surface area contributed by atoms with Crippen molar-refractivity contribution in [3.63, 3.8) is 0 Å². The van der Waals surface area contributed by atoms with Gasteiger partial charge in [-0.3, -0.25) is 9.59 Å². The molecule has 0 spiro atoms. The van der Waals surface area contributed by atoms with E-state index in [0.717, 1.165) is 18.6 Å². The number of rotatable bonds is 11. The van der Waals surface area contributed by atoms with Crippen LogP contribution in [-0.4, -0.2) is 48.0 Å². The summed E-state index contributed by atoms with van der Waals surface area (Å²) in [5.41, 5.74) is 0.480. The quantitative estimate of drug-likeness (QED) is 0.518. The summed E-state index contributed by atoms with van der Waals surface area (Å²) in [5, 5.41) is 8.28. The molecule has 2 rings (SSSR count). The van der Waals surface area contributed by atoms with Crippen LogP contribution in [0, 0.1) is 0 Å². The van der Waals surface area contributed by atoms with Crippen LogP contribution in [0.2, 0.25) is 0 Å². The van der Waals surface area contributed by atoms with Gasteiger partial charge in [0, 0.05) is 31.0 Å². The van der Waals surface area contributed by atoms with E-state index in [1.54, 1.807) is 42.7 Å². The molecule has 0 radical (unpaired) electrons. The van der Waals surface area contributed by atoms with E-state index in [4.69, 9.17) is 4.74 Å². The van der Waals surface area contributed by atoms with Crippen molar-refractivity contribution in [3.05, 3.63) is 48.3 Å². The van der Waals surface area contributed by atoms with E-state index in [0.29, 0.717) is 31.2 Å². The Labute approximate surface area is 158 Å². The van der Waals surface area contributed by atoms with Crippen LogP contribution in [0.1, 0.15) is 30.1 Å². The monoisotopic (exact) mass is 371 g/mol. The summed E-state index contributed by atoms with van der Waals surface area (Å²) in [6.07, 6.45) is 5.32. The number of carbonyl (C=O) groups excluding carboxylic acids is 2. The fourth-order valence-corrected chi connectivity index (χ4v) is 2.13. The number of carbonyl (C=O) groups is 2. The Morgan fingerprint density at radius 1 is 1.04 bits per heavy atom. The molecular formula is C19H25N5O3. The van der Waals surface area contributed by atoms with Crippen LogP contribution in [0.3, 0.4) is 0 Å². The maximum absolute atomic E-state index is 12.1. The smallest absolute Gasteiger partial charge is 0.251 e. The van der Waals surface area contributed by atoms with Crippen LogP contribution >= 0.6 is 0 Å². The highest BCUT2D eigenvalue weighted by Crippen LogP contribution is 2.12. The molecule has 0 unspecified atom stereocenters. The van der Waals surface area contributed by atoms with E-state index in [9.17, 15) is 9.59 Å². The van der Waals surface area contributed by atoms with Gasteiger partial charge in [-0.1, -0.05) is 13.3 Å². The molecule has 1 aromatic heterocycles. The van der Waals surface area contributed by atoms with Gasteiger partial charge < -0.3 is 20.7 Å². The summed E-state index contributed by atoms with van der Waals surface area (Å²) in [7, 11) is 0. The molecule has 144 valence electrons. The van der Waals surface area contributed by atoms with E-state index in [1.807, 2.05) is 0 Å². The van der Waals surface area contributed by atoms with Crippen LogP contribution in [0.5, 0.6) is 5.75 Å². The Morgan fingerprint density at radius 2 is 1.78 bits per heavy atom. The Kier molecular flexibility index (Phi) is 8.55. The van der Waals surface area contributed by atoms with Crippen LogP contribution in [0.15, 0.2) is 42.7 Å². The van der Waals surface area contributed by atoms with Gasteiger partial charge >= 0.3 is 0 Å². The number of aromatic nitrogens is 2. The van der Waals surface area contributed by atoms with Crippen molar-refractivity contribution >= 4 is 17.8 Å². The van der Waals surface area contributed by atoms with Gasteiger partial charge in [0.15, 0.2) is 0 Å². The Balaban J connectivity index is 1.63. The lowest BCUT2D eigenvalue weighted by atomic mass is 10.2. The molecule has 2 aromatic rings. The van der Waals surface area contributed by atoms with E-state index in [-0.39, 0.29) is 18.4 Å². The first-order chi connectivity index (χ1) is 13.2. The van der Waals surface area contributed by atoms with Crippen LogP contribution in [0.4, 0.5) is 5.95 Å². The lowest BCUT2D eigenvalue weighted by Gasteiger charge is -2.09. The zero-order valence-corrected chi connectivity index (χ0v) is 15.4. The molecule has 0 saturated carbocycles. The first-order valence-corrected chi connectivity index (χ1v) is 8.97. The van der Waals surface area contributed by atoms with Crippen molar-refractivity contribution in [2.75, 3.05) is 31.6 Å². The van der Waals surface area contributed by atoms with Gasteiger partial charge in [0.1, 0.15) is 5.75 Å². The minimum absolute atomic E-state index is 0.0879. The van der Waals surface area contributed by atoms with Crippen LogP contribution < -0.4 is 20.7 Å². The fourth-order valence-electron chi connectivity index (χ4n) is 2.13. The minimum Gasteiger partial charge on any atom is -0.494 e. The molecule has 0 aliphatic carbocycles. The number of hydrogen-bond acceptors (Lipinski definition) is 6. The molecule has 27 heavy (non-hydrogen) atoms. The number of nitrogens with one attached hydrogen (secondary N) is 3. The second-order valence-corrected chi connectivity index (χ2v) is 5.76. The number of amides is 2. The van der Waals surface area contributed by atoms with E-state index >= 15 is 0 Å². The molecule has 0 atom stereocenters. The second-order valence-electron chi connectivity index (χ2n) is 5.76. The maximum Gasteiger partial charge on any atom is 0.251 e. The Hall–Kier alpha value is -3.16. The molecule has 0 aliphatic rings. The van der Waals surface area contributed by atoms with E-state index in [2.05, 4.69) is 32.8 Å².